The molecule has 0 saturated carbocycles. The molecule has 0 aliphatic rings. The highest BCUT2D eigenvalue weighted by Crippen LogP contribution is 1.90. The number of nitrogens with one attached hydrogen (secondary N) is 2. The zero-order chi connectivity index (χ0) is 10.2. The molecule has 0 spiro atoms. The number of amides is 1. The number of carbonyl (C=O) groups excluding carboxylic acids is 1. The highest BCUT2D eigenvalue weighted by Gasteiger charge is 2.02. The van der Waals surface area contributed by atoms with Gasteiger partial charge in [-0.1, -0.05) is 5.21 Å². The first-order valence-corrected chi connectivity index (χ1v) is 4.31. The molecule has 2 N–H and O–H groups in total. The van der Waals surface area contributed by atoms with Gasteiger partial charge >= 0.3 is 0 Å². The van der Waals surface area contributed by atoms with E-state index in [0.29, 0.717) is 31.8 Å². The van der Waals surface area contributed by atoms with Crippen LogP contribution >= 0.6 is 0 Å². The van der Waals surface area contributed by atoms with Gasteiger partial charge < -0.3 is 10.1 Å². The Balaban J connectivity index is 2.09. The van der Waals surface area contributed by atoms with Gasteiger partial charge in [0, 0.05) is 20.1 Å². The molecule has 0 aliphatic heterocycles. The molecule has 0 fully saturated rings. The van der Waals surface area contributed by atoms with Crippen LogP contribution in [0, 0.1) is 0 Å². The Hall–Kier alpha value is -1.50. The molecule has 0 radical (unpaired) electrons. The molecule has 0 atom stereocenters. The first-order valence-electron chi connectivity index (χ1n) is 4.31. The molecule has 1 amide bonds. The van der Waals surface area contributed by atoms with Gasteiger partial charge in [0.15, 0.2) is 5.82 Å². The van der Waals surface area contributed by atoms with Crippen molar-refractivity contribution in [3.63, 3.8) is 0 Å². The van der Waals surface area contributed by atoms with Gasteiger partial charge in [-0.2, -0.15) is 5.21 Å². The second-order valence-electron chi connectivity index (χ2n) is 2.70. The Labute approximate surface area is 81.2 Å². The lowest BCUT2D eigenvalue weighted by atomic mass is 10.3. The van der Waals surface area contributed by atoms with Crippen LogP contribution in [-0.4, -0.2) is 40.2 Å². The van der Waals surface area contributed by atoms with Gasteiger partial charge in [-0.25, -0.2) is 0 Å². The van der Waals surface area contributed by atoms with Crippen LogP contribution in [0.4, 0.5) is 0 Å². The fraction of sp³-hybridized carbons (Fsp3) is 0.714. The Morgan fingerprint density at radius 2 is 2.50 bits per heavy atom. The van der Waals surface area contributed by atoms with E-state index in [4.69, 9.17) is 4.74 Å². The zero-order valence-electron chi connectivity index (χ0n) is 7.99. The van der Waals surface area contributed by atoms with Crippen LogP contribution in [0.25, 0.3) is 0 Å². The van der Waals surface area contributed by atoms with Gasteiger partial charge in [0.25, 0.3) is 0 Å². The number of hydrogen-bond acceptors (Lipinski definition) is 5. The molecule has 78 valence electrons. The van der Waals surface area contributed by atoms with Gasteiger partial charge in [0.1, 0.15) is 0 Å². The largest absolute Gasteiger partial charge is 0.385 e. The molecule has 1 heterocycles. The molecule has 1 rings (SSSR count). The van der Waals surface area contributed by atoms with Crippen LogP contribution in [0.5, 0.6) is 0 Å². The number of methoxy groups -OCH3 is 1. The molecule has 14 heavy (non-hydrogen) atoms. The number of carbonyl (C=O) groups is 1. The third kappa shape index (κ3) is 3.94. The average Bonchev–Trinajstić information content (AvgIpc) is 2.68. The zero-order valence-corrected chi connectivity index (χ0v) is 7.99. The fourth-order valence-corrected chi connectivity index (χ4v) is 0.900. The Morgan fingerprint density at radius 3 is 3.14 bits per heavy atom. The lowest BCUT2D eigenvalue weighted by Gasteiger charge is -2.01. The number of ether oxygens (including phenoxy) is 1. The maximum absolute atomic E-state index is 11.2. The van der Waals surface area contributed by atoms with Crippen LogP contribution in [0.3, 0.4) is 0 Å². The summed E-state index contributed by atoms with van der Waals surface area (Å²) in [4.78, 5) is 11.2. The molecule has 0 aromatic carbocycles. The number of rotatable bonds is 6. The first-order chi connectivity index (χ1) is 6.83. The van der Waals surface area contributed by atoms with E-state index in [9.17, 15) is 4.79 Å². The summed E-state index contributed by atoms with van der Waals surface area (Å²) >= 11 is 0. The predicted molar refractivity (Wildman–Crippen MR) is 47.1 cm³/mol. The quantitative estimate of drug-likeness (QED) is 0.587. The van der Waals surface area contributed by atoms with Gasteiger partial charge in [0.2, 0.25) is 5.91 Å². The minimum absolute atomic E-state index is 0.0353. The number of aromatic amines is 1. The van der Waals surface area contributed by atoms with Gasteiger partial charge in [-0.3, -0.25) is 4.79 Å². The Morgan fingerprint density at radius 1 is 1.64 bits per heavy atom. The van der Waals surface area contributed by atoms with Crippen LogP contribution in [0.1, 0.15) is 18.7 Å². The third-order valence-electron chi connectivity index (χ3n) is 1.59. The average molecular weight is 199 g/mol. The normalized spacial score (nSPS) is 10.1. The molecule has 0 unspecified atom stereocenters. The lowest BCUT2D eigenvalue weighted by molar-refractivity contribution is -0.121. The standard InChI is InChI=1S/C7H13N5O2/c1-14-4-2-3-7(13)8-5-6-9-11-12-10-6/h2-5H2,1H3,(H,8,13)(H,9,10,11,12). The fourth-order valence-electron chi connectivity index (χ4n) is 0.900. The maximum atomic E-state index is 11.2. The van der Waals surface area contributed by atoms with Gasteiger partial charge in [-0.05, 0) is 6.42 Å². The summed E-state index contributed by atoms with van der Waals surface area (Å²) in [7, 11) is 1.61. The number of hydrogen-bond donors (Lipinski definition) is 2. The van der Waals surface area contributed by atoms with E-state index in [-0.39, 0.29) is 5.91 Å². The van der Waals surface area contributed by atoms with Gasteiger partial charge in [-0.15, -0.1) is 10.2 Å². The summed E-state index contributed by atoms with van der Waals surface area (Å²) in [6.45, 7) is 0.901. The summed E-state index contributed by atoms with van der Waals surface area (Å²) < 4.78 is 4.82. The summed E-state index contributed by atoms with van der Waals surface area (Å²) in [5, 5.41) is 15.7. The van der Waals surface area contributed by atoms with E-state index < -0.39 is 0 Å². The van der Waals surface area contributed by atoms with Crippen molar-refractivity contribution in [2.45, 2.75) is 19.4 Å². The summed E-state index contributed by atoms with van der Waals surface area (Å²) in [6.07, 6.45) is 1.17. The van der Waals surface area contributed by atoms with E-state index in [1.54, 1.807) is 7.11 Å². The summed E-state index contributed by atoms with van der Waals surface area (Å²) in [5.74, 6) is 0.442. The molecule has 1 aromatic heterocycles. The smallest absolute Gasteiger partial charge is 0.220 e. The van der Waals surface area contributed by atoms with Crippen molar-refractivity contribution >= 4 is 5.91 Å². The molecule has 0 aliphatic carbocycles. The van der Waals surface area contributed by atoms with Gasteiger partial charge in [0.05, 0.1) is 6.54 Å². The number of nitrogens with zero attached hydrogens (tertiary/aromatic N) is 3. The van der Waals surface area contributed by atoms with Crippen molar-refractivity contribution < 1.29 is 9.53 Å². The summed E-state index contributed by atoms with van der Waals surface area (Å²) in [5.41, 5.74) is 0. The van der Waals surface area contributed by atoms with Crippen molar-refractivity contribution in [2.75, 3.05) is 13.7 Å². The first kappa shape index (κ1) is 10.6. The van der Waals surface area contributed by atoms with Crippen molar-refractivity contribution in [1.29, 1.82) is 0 Å². The van der Waals surface area contributed by atoms with Crippen LogP contribution in [0.2, 0.25) is 0 Å². The number of aromatic nitrogens is 4. The molecule has 0 bridgehead atoms. The van der Waals surface area contributed by atoms with Crippen LogP contribution in [0.15, 0.2) is 0 Å². The minimum Gasteiger partial charge on any atom is -0.385 e. The maximum Gasteiger partial charge on any atom is 0.220 e. The summed E-state index contributed by atoms with van der Waals surface area (Å²) in [6, 6.07) is 0. The minimum atomic E-state index is -0.0353. The SMILES string of the molecule is COCCCC(=O)NCc1nn[nH]n1. The van der Waals surface area contributed by atoms with E-state index >= 15 is 0 Å². The topological polar surface area (TPSA) is 92.8 Å². The van der Waals surface area contributed by atoms with E-state index in [2.05, 4.69) is 25.9 Å². The lowest BCUT2D eigenvalue weighted by Crippen LogP contribution is -2.23. The van der Waals surface area contributed by atoms with E-state index in [1.165, 1.54) is 0 Å². The molecule has 1 aromatic rings. The number of H-pyrrole nitrogens is 1. The highest BCUT2D eigenvalue weighted by atomic mass is 16.5. The van der Waals surface area contributed by atoms with Crippen LogP contribution in [-0.2, 0) is 16.1 Å². The van der Waals surface area contributed by atoms with Crippen molar-refractivity contribution in [3.05, 3.63) is 5.82 Å². The highest BCUT2D eigenvalue weighted by molar-refractivity contribution is 5.75. The Kier molecular flexibility index (Phi) is 4.56. The molecule has 0 saturated heterocycles. The van der Waals surface area contributed by atoms with E-state index in [1.807, 2.05) is 0 Å². The molecular weight excluding hydrogens is 186 g/mol. The second kappa shape index (κ2) is 6.03. The monoisotopic (exact) mass is 199 g/mol. The molecule has 7 nitrogen and oxygen atoms in total. The molecular formula is C7H13N5O2. The van der Waals surface area contributed by atoms with Crippen molar-refractivity contribution in [2.24, 2.45) is 0 Å². The van der Waals surface area contributed by atoms with E-state index in [0.717, 1.165) is 0 Å². The van der Waals surface area contributed by atoms with Crippen molar-refractivity contribution in [1.82, 2.24) is 25.9 Å². The van der Waals surface area contributed by atoms with Crippen LogP contribution < -0.4 is 5.32 Å². The number of tetrazole rings is 1. The third-order valence-corrected chi connectivity index (χ3v) is 1.59. The molecule has 7 heteroatoms. The predicted octanol–water partition coefficient (Wildman–Crippen LogP) is -0.758. The Bertz CT molecular complexity index is 261. The van der Waals surface area contributed by atoms with Crippen molar-refractivity contribution in [3.8, 4) is 0 Å². The second-order valence-corrected chi connectivity index (χ2v) is 2.70.